The normalized spacial score (nSPS) is 18.7. The van der Waals surface area contributed by atoms with Gasteiger partial charge in [-0.15, -0.1) is 0 Å². The van der Waals surface area contributed by atoms with Gasteiger partial charge in [-0.1, -0.05) is 0 Å². The summed E-state index contributed by atoms with van der Waals surface area (Å²) in [6.07, 6.45) is -0.347. The van der Waals surface area contributed by atoms with Crippen LogP contribution in [0.15, 0.2) is 18.2 Å². The van der Waals surface area contributed by atoms with Gasteiger partial charge in [0.05, 0.1) is 6.61 Å². The lowest BCUT2D eigenvalue weighted by Gasteiger charge is -2.25. The largest absolute Gasteiger partial charge is 0.486 e. The van der Waals surface area contributed by atoms with E-state index in [-0.39, 0.29) is 18.5 Å². The van der Waals surface area contributed by atoms with Gasteiger partial charge in [-0.2, -0.15) is 0 Å². The van der Waals surface area contributed by atoms with Gasteiger partial charge in [-0.3, -0.25) is 4.79 Å². The van der Waals surface area contributed by atoms with Crippen LogP contribution in [0.1, 0.15) is 17.3 Å². The number of rotatable bonds is 2. The molecule has 4 heteroatoms. The van der Waals surface area contributed by atoms with E-state index in [1.807, 2.05) is 0 Å². The molecule has 1 aromatic rings. The third kappa shape index (κ3) is 1.94. The number of carbonyl (C=O) groups excluding carboxylic acids is 1. The number of ether oxygens (including phenoxy) is 2. The van der Waals surface area contributed by atoms with Gasteiger partial charge in [0.15, 0.2) is 23.4 Å². The zero-order chi connectivity index (χ0) is 10.8. The van der Waals surface area contributed by atoms with E-state index >= 15 is 0 Å². The molecule has 15 heavy (non-hydrogen) atoms. The first-order valence-electron chi connectivity index (χ1n) is 4.76. The summed E-state index contributed by atoms with van der Waals surface area (Å²) in [5.41, 5.74) is 0.580. The molecular weight excluding hydrogens is 196 g/mol. The van der Waals surface area contributed by atoms with Crippen LogP contribution in [-0.2, 0) is 0 Å². The highest BCUT2D eigenvalue weighted by atomic mass is 16.6. The van der Waals surface area contributed by atoms with E-state index in [1.165, 1.54) is 6.92 Å². The van der Waals surface area contributed by atoms with Crippen LogP contribution in [0.5, 0.6) is 11.5 Å². The molecule has 1 heterocycles. The molecule has 2 rings (SSSR count). The van der Waals surface area contributed by atoms with E-state index in [4.69, 9.17) is 14.6 Å². The van der Waals surface area contributed by atoms with Crippen LogP contribution in [0.2, 0.25) is 0 Å². The summed E-state index contributed by atoms with van der Waals surface area (Å²) >= 11 is 0. The highest BCUT2D eigenvalue weighted by Crippen LogP contribution is 2.32. The molecule has 1 atom stereocenters. The van der Waals surface area contributed by atoms with Gasteiger partial charge in [-0.05, 0) is 25.1 Å². The summed E-state index contributed by atoms with van der Waals surface area (Å²) in [6, 6.07) is 5.04. The second-order valence-electron chi connectivity index (χ2n) is 3.45. The molecule has 0 saturated heterocycles. The van der Waals surface area contributed by atoms with Crippen molar-refractivity contribution in [1.29, 1.82) is 0 Å². The Morgan fingerprint density at radius 1 is 1.53 bits per heavy atom. The van der Waals surface area contributed by atoms with Gasteiger partial charge < -0.3 is 14.6 Å². The third-order valence-electron chi connectivity index (χ3n) is 2.27. The molecule has 4 nitrogen and oxygen atoms in total. The van der Waals surface area contributed by atoms with Crippen LogP contribution in [0.3, 0.4) is 0 Å². The first-order chi connectivity index (χ1) is 7.20. The summed E-state index contributed by atoms with van der Waals surface area (Å²) < 4.78 is 10.8. The number of Topliss-reactive ketones (excluding diaryl/α,β-unsaturated/α-hetero) is 1. The summed E-state index contributed by atoms with van der Waals surface area (Å²) in [5, 5.41) is 8.92. The van der Waals surface area contributed by atoms with E-state index in [9.17, 15) is 4.79 Å². The van der Waals surface area contributed by atoms with Gasteiger partial charge in [0, 0.05) is 5.56 Å². The molecule has 1 aromatic carbocycles. The summed E-state index contributed by atoms with van der Waals surface area (Å²) in [4.78, 5) is 11.1. The van der Waals surface area contributed by atoms with Crippen molar-refractivity contribution < 1.29 is 19.4 Å². The van der Waals surface area contributed by atoms with Crippen molar-refractivity contribution in [1.82, 2.24) is 0 Å². The maximum atomic E-state index is 11.1. The molecule has 1 aliphatic heterocycles. The summed E-state index contributed by atoms with van der Waals surface area (Å²) in [7, 11) is 0. The summed E-state index contributed by atoms with van der Waals surface area (Å²) in [5.74, 6) is 1.12. The lowest BCUT2D eigenvalue weighted by molar-refractivity contribution is 0.0455. The molecule has 0 bridgehead atoms. The number of fused-ring (bicyclic) bond motifs is 1. The van der Waals surface area contributed by atoms with Crippen molar-refractivity contribution in [2.45, 2.75) is 13.0 Å². The molecule has 1 aliphatic rings. The molecular formula is C11H12O4. The lowest BCUT2D eigenvalue weighted by atomic mass is 10.1. The second-order valence-corrected chi connectivity index (χ2v) is 3.45. The standard InChI is InChI=1S/C11H12O4/c1-7(13)8-2-3-10-11(4-8)15-9(5-12)6-14-10/h2-4,9,12H,5-6H2,1H3/t9-/m0/s1. The second kappa shape index (κ2) is 3.90. The first-order valence-corrected chi connectivity index (χ1v) is 4.76. The molecule has 80 valence electrons. The number of ketones is 1. The molecule has 0 fully saturated rings. The number of hydrogen-bond acceptors (Lipinski definition) is 4. The lowest BCUT2D eigenvalue weighted by Crippen LogP contribution is -2.32. The Kier molecular flexibility index (Phi) is 2.60. The number of hydrogen-bond donors (Lipinski definition) is 1. The third-order valence-corrected chi connectivity index (χ3v) is 2.27. The van der Waals surface area contributed by atoms with Crippen LogP contribution in [0.4, 0.5) is 0 Å². The van der Waals surface area contributed by atoms with Gasteiger partial charge in [-0.25, -0.2) is 0 Å². The van der Waals surface area contributed by atoms with Crippen molar-refractivity contribution in [3.63, 3.8) is 0 Å². The molecule has 0 radical (unpaired) electrons. The Morgan fingerprint density at radius 2 is 2.33 bits per heavy atom. The number of aliphatic hydroxyl groups is 1. The first kappa shape index (κ1) is 9.98. The fraction of sp³-hybridized carbons (Fsp3) is 0.364. The summed E-state index contributed by atoms with van der Waals surface area (Å²) in [6.45, 7) is 1.74. The Bertz CT molecular complexity index is 386. The van der Waals surface area contributed by atoms with E-state index in [1.54, 1.807) is 18.2 Å². The monoisotopic (exact) mass is 208 g/mol. The molecule has 0 saturated carbocycles. The molecule has 0 amide bonds. The van der Waals surface area contributed by atoms with Gasteiger partial charge in [0.25, 0.3) is 0 Å². The SMILES string of the molecule is CC(=O)c1ccc2c(c1)O[C@@H](CO)CO2. The number of benzene rings is 1. The zero-order valence-corrected chi connectivity index (χ0v) is 8.40. The van der Waals surface area contributed by atoms with E-state index in [0.29, 0.717) is 23.7 Å². The van der Waals surface area contributed by atoms with Crippen molar-refractivity contribution in [3.8, 4) is 11.5 Å². The fourth-order valence-electron chi connectivity index (χ4n) is 1.42. The minimum Gasteiger partial charge on any atom is -0.486 e. The van der Waals surface area contributed by atoms with Crippen molar-refractivity contribution in [2.24, 2.45) is 0 Å². The highest BCUT2D eigenvalue weighted by Gasteiger charge is 2.20. The van der Waals surface area contributed by atoms with Gasteiger partial charge >= 0.3 is 0 Å². The Balaban J connectivity index is 2.30. The molecule has 0 aromatic heterocycles. The Labute approximate surface area is 87.4 Å². The molecule has 0 unspecified atom stereocenters. The minimum absolute atomic E-state index is 0.0208. The van der Waals surface area contributed by atoms with Crippen LogP contribution in [-0.4, -0.2) is 30.2 Å². The Morgan fingerprint density at radius 3 is 3.00 bits per heavy atom. The average Bonchev–Trinajstić information content (AvgIpc) is 2.27. The van der Waals surface area contributed by atoms with Crippen LogP contribution in [0, 0.1) is 0 Å². The van der Waals surface area contributed by atoms with Crippen molar-refractivity contribution in [3.05, 3.63) is 23.8 Å². The van der Waals surface area contributed by atoms with Gasteiger partial charge in [0.1, 0.15) is 6.61 Å². The smallest absolute Gasteiger partial charge is 0.162 e. The zero-order valence-electron chi connectivity index (χ0n) is 8.40. The van der Waals surface area contributed by atoms with Crippen molar-refractivity contribution in [2.75, 3.05) is 13.2 Å². The molecule has 1 N–H and O–H groups in total. The van der Waals surface area contributed by atoms with Crippen molar-refractivity contribution >= 4 is 5.78 Å². The van der Waals surface area contributed by atoms with Crippen LogP contribution in [0.25, 0.3) is 0 Å². The van der Waals surface area contributed by atoms with Crippen LogP contribution >= 0.6 is 0 Å². The van der Waals surface area contributed by atoms with E-state index in [2.05, 4.69) is 0 Å². The highest BCUT2D eigenvalue weighted by molar-refractivity contribution is 5.94. The topological polar surface area (TPSA) is 55.8 Å². The molecule has 0 aliphatic carbocycles. The quantitative estimate of drug-likeness (QED) is 0.737. The fourth-order valence-corrected chi connectivity index (χ4v) is 1.42. The van der Waals surface area contributed by atoms with Crippen LogP contribution < -0.4 is 9.47 Å². The molecule has 0 spiro atoms. The predicted octanol–water partition coefficient (Wildman–Crippen LogP) is 1.02. The number of aliphatic hydroxyl groups excluding tert-OH is 1. The Hall–Kier alpha value is -1.55. The van der Waals surface area contributed by atoms with E-state index < -0.39 is 0 Å². The van der Waals surface area contributed by atoms with E-state index in [0.717, 1.165) is 0 Å². The predicted molar refractivity (Wildman–Crippen MR) is 53.4 cm³/mol. The number of carbonyl (C=O) groups is 1. The maximum absolute atomic E-state index is 11.1. The maximum Gasteiger partial charge on any atom is 0.162 e. The average molecular weight is 208 g/mol. The van der Waals surface area contributed by atoms with Gasteiger partial charge in [0.2, 0.25) is 0 Å². The minimum atomic E-state index is -0.347.